The van der Waals surface area contributed by atoms with Crippen molar-refractivity contribution in [3.63, 3.8) is 0 Å². The van der Waals surface area contributed by atoms with E-state index in [1.54, 1.807) is 11.3 Å². The Morgan fingerprint density at radius 1 is 0.897 bits per heavy atom. The maximum absolute atomic E-state index is 13.4. The minimum absolute atomic E-state index is 0.0439. The van der Waals surface area contributed by atoms with Crippen LogP contribution in [-0.2, 0) is 26.0 Å². The van der Waals surface area contributed by atoms with Crippen LogP contribution in [0.4, 0.5) is 5.00 Å². The summed E-state index contributed by atoms with van der Waals surface area (Å²) in [6.45, 7) is 0.995. The van der Waals surface area contributed by atoms with Gasteiger partial charge in [0.25, 0.3) is 5.91 Å². The Labute approximate surface area is 233 Å². The minimum atomic E-state index is -0.0439. The van der Waals surface area contributed by atoms with Gasteiger partial charge in [0, 0.05) is 17.6 Å². The van der Waals surface area contributed by atoms with Crippen LogP contribution in [-0.4, -0.2) is 12.1 Å². The van der Waals surface area contributed by atoms with Gasteiger partial charge in [0.05, 0.1) is 5.56 Å². The SMILES string of the molecule is O=C(NCc1ccccc1)c1c(N=Cc2cccc(OCc3cccc4ccccc34)c2)sc2c1CCCC2. The standard InChI is InChI=1S/C34H30N2O2S/c37-33(35-21-24-10-2-1-3-11-24)32-30-18-6-7-19-31(30)39-34(32)36-22-25-12-8-16-28(20-25)38-23-27-15-9-14-26-13-4-5-17-29(26)27/h1-5,8-17,20,22H,6-7,18-19,21,23H2,(H,35,37). The summed E-state index contributed by atoms with van der Waals surface area (Å²) in [6.07, 6.45) is 6.08. The molecular weight excluding hydrogens is 500 g/mol. The van der Waals surface area contributed by atoms with Crippen LogP contribution in [0.15, 0.2) is 102 Å². The van der Waals surface area contributed by atoms with Gasteiger partial charge in [-0.1, -0.05) is 84.9 Å². The Hall–Kier alpha value is -4.22. The average molecular weight is 531 g/mol. The Morgan fingerprint density at radius 3 is 2.62 bits per heavy atom. The number of benzene rings is 4. The molecule has 1 aliphatic rings. The van der Waals surface area contributed by atoms with E-state index >= 15 is 0 Å². The fourth-order valence-electron chi connectivity index (χ4n) is 5.14. The number of carbonyl (C=O) groups is 1. The number of carbonyl (C=O) groups excluding carboxylic acids is 1. The molecule has 0 aliphatic heterocycles. The molecule has 0 saturated heterocycles. The number of fused-ring (bicyclic) bond motifs is 2. The van der Waals surface area contributed by atoms with E-state index in [2.05, 4.69) is 47.8 Å². The van der Waals surface area contributed by atoms with Crippen LogP contribution in [0.5, 0.6) is 5.75 Å². The van der Waals surface area contributed by atoms with Crippen molar-refractivity contribution in [3.8, 4) is 5.75 Å². The first-order valence-electron chi connectivity index (χ1n) is 13.4. The fraction of sp³-hybridized carbons (Fsp3) is 0.176. The molecule has 1 N–H and O–H groups in total. The van der Waals surface area contributed by atoms with Gasteiger partial charge < -0.3 is 10.1 Å². The first kappa shape index (κ1) is 25.1. The number of rotatable bonds is 8. The lowest BCUT2D eigenvalue weighted by atomic mass is 9.95. The number of hydrogen-bond acceptors (Lipinski definition) is 4. The van der Waals surface area contributed by atoms with Gasteiger partial charge in [0.1, 0.15) is 17.4 Å². The molecule has 0 saturated carbocycles. The number of aryl methyl sites for hydroxylation is 1. The number of ether oxygens (including phenoxy) is 1. The van der Waals surface area contributed by atoms with E-state index < -0.39 is 0 Å². The highest BCUT2D eigenvalue weighted by Crippen LogP contribution is 2.40. The molecule has 0 unspecified atom stereocenters. The van der Waals surface area contributed by atoms with Gasteiger partial charge in [-0.3, -0.25) is 4.79 Å². The van der Waals surface area contributed by atoms with E-state index in [1.165, 1.54) is 21.2 Å². The van der Waals surface area contributed by atoms with Gasteiger partial charge in [-0.15, -0.1) is 11.3 Å². The summed E-state index contributed by atoms with van der Waals surface area (Å²) in [5, 5.41) is 6.32. The molecule has 5 aromatic rings. The van der Waals surface area contributed by atoms with Crippen LogP contribution < -0.4 is 10.1 Å². The second-order valence-corrected chi connectivity index (χ2v) is 10.9. The first-order valence-corrected chi connectivity index (χ1v) is 14.3. The number of nitrogens with one attached hydrogen (secondary N) is 1. The van der Waals surface area contributed by atoms with Crippen molar-refractivity contribution < 1.29 is 9.53 Å². The van der Waals surface area contributed by atoms with Crippen LogP contribution in [0.3, 0.4) is 0 Å². The largest absolute Gasteiger partial charge is 0.489 e. The third-order valence-corrected chi connectivity index (χ3v) is 8.34. The van der Waals surface area contributed by atoms with Crippen molar-refractivity contribution >= 4 is 39.2 Å². The predicted octanol–water partition coefficient (Wildman–Crippen LogP) is 8.04. The van der Waals surface area contributed by atoms with Crippen molar-refractivity contribution in [2.45, 2.75) is 38.8 Å². The van der Waals surface area contributed by atoms with Crippen molar-refractivity contribution in [1.29, 1.82) is 0 Å². The van der Waals surface area contributed by atoms with Gasteiger partial charge in [-0.05, 0) is 70.8 Å². The van der Waals surface area contributed by atoms with Crippen molar-refractivity contribution in [3.05, 3.63) is 130 Å². The van der Waals surface area contributed by atoms with Gasteiger partial charge in [0.15, 0.2) is 0 Å². The van der Waals surface area contributed by atoms with Crippen molar-refractivity contribution in [2.75, 3.05) is 0 Å². The Kier molecular flexibility index (Phi) is 7.50. The number of aliphatic imine (C=N–C) groups is 1. The quantitative estimate of drug-likeness (QED) is 0.206. The Balaban J connectivity index is 1.20. The molecule has 4 aromatic carbocycles. The summed E-state index contributed by atoms with van der Waals surface area (Å²) in [4.78, 5) is 19.5. The fourth-order valence-corrected chi connectivity index (χ4v) is 6.37. The summed E-state index contributed by atoms with van der Waals surface area (Å²) in [7, 11) is 0. The van der Waals surface area contributed by atoms with Gasteiger partial charge in [0.2, 0.25) is 0 Å². The smallest absolute Gasteiger partial charge is 0.254 e. The highest BCUT2D eigenvalue weighted by Gasteiger charge is 2.25. The topological polar surface area (TPSA) is 50.7 Å². The molecule has 5 heteroatoms. The summed E-state index contributed by atoms with van der Waals surface area (Å²) in [6, 6.07) is 32.6. The lowest BCUT2D eigenvalue weighted by Gasteiger charge is -2.13. The number of amides is 1. The molecule has 4 nitrogen and oxygen atoms in total. The summed E-state index contributed by atoms with van der Waals surface area (Å²) >= 11 is 1.65. The van der Waals surface area contributed by atoms with Crippen LogP contribution in [0, 0.1) is 0 Å². The molecule has 1 amide bonds. The third kappa shape index (κ3) is 5.79. The number of nitrogens with zero attached hydrogens (tertiary/aromatic N) is 1. The number of thiophene rings is 1. The Bertz CT molecular complexity index is 1630. The molecule has 1 aliphatic carbocycles. The third-order valence-electron chi connectivity index (χ3n) is 7.14. The molecule has 0 atom stereocenters. The van der Waals surface area contributed by atoms with E-state index in [0.717, 1.165) is 58.7 Å². The molecule has 194 valence electrons. The van der Waals surface area contributed by atoms with Crippen LogP contribution in [0.2, 0.25) is 0 Å². The monoisotopic (exact) mass is 530 g/mol. The maximum atomic E-state index is 13.4. The maximum Gasteiger partial charge on any atom is 0.254 e. The van der Waals surface area contributed by atoms with Crippen LogP contribution in [0.25, 0.3) is 10.8 Å². The van der Waals surface area contributed by atoms with Gasteiger partial charge in [-0.25, -0.2) is 4.99 Å². The molecule has 39 heavy (non-hydrogen) atoms. The zero-order valence-corrected chi connectivity index (χ0v) is 22.5. The van der Waals surface area contributed by atoms with E-state index in [-0.39, 0.29) is 5.91 Å². The average Bonchev–Trinajstić information content (AvgIpc) is 3.37. The lowest BCUT2D eigenvalue weighted by molar-refractivity contribution is 0.0951. The summed E-state index contributed by atoms with van der Waals surface area (Å²) in [5.41, 5.74) is 5.09. The van der Waals surface area contributed by atoms with Gasteiger partial charge >= 0.3 is 0 Å². The van der Waals surface area contributed by atoms with Crippen LogP contribution >= 0.6 is 11.3 Å². The normalized spacial score (nSPS) is 12.9. The molecule has 0 bridgehead atoms. The predicted molar refractivity (Wildman–Crippen MR) is 161 cm³/mol. The molecule has 0 spiro atoms. The first-order chi connectivity index (χ1) is 19.2. The highest BCUT2D eigenvalue weighted by molar-refractivity contribution is 7.16. The van der Waals surface area contributed by atoms with E-state index in [1.807, 2.05) is 60.8 Å². The number of hydrogen-bond donors (Lipinski definition) is 1. The molecule has 6 rings (SSSR count). The Morgan fingerprint density at radius 2 is 1.69 bits per heavy atom. The molecule has 0 fully saturated rings. The van der Waals surface area contributed by atoms with E-state index in [4.69, 9.17) is 9.73 Å². The van der Waals surface area contributed by atoms with Crippen molar-refractivity contribution in [1.82, 2.24) is 5.32 Å². The zero-order valence-electron chi connectivity index (χ0n) is 21.7. The second-order valence-electron chi connectivity index (χ2n) is 9.82. The molecule has 1 heterocycles. The van der Waals surface area contributed by atoms with Crippen molar-refractivity contribution in [2.24, 2.45) is 4.99 Å². The van der Waals surface area contributed by atoms with E-state index in [9.17, 15) is 4.79 Å². The summed E-state index contributed by atoms with van der Waals surface area (Å²) < 4.78 is 6.17. The molecular formula is C34H30N2O2S. The van der Waals surface area contributed by atoms with Gasteiger partial charge in [-0.2, -0.15) is 0 Å². The van der Waals surface area contributed by atoms with E-state index in [0.29, 0.717) is 13.2 Å². The highest BCUT2D eigenvalue weighted by atomic mass is 32.1. The molecule has 1 aromatic heterocycles. The van der Waals surface area contributed by atoms with Crippen LogP contribution in [0.1, 0.15) is 50.3 Å². The zero-order chi connectivity index (χ0) is 26.4. The summed E-state index contributed by atoms with van der Waals surface area (Å²) in [5.74, 6) is 0.746. The second kappa shape index (κ2) is 11.7. The lowest BCUT2D eigenvalue weighted by Crippen LogP contribution is -2.24. The molecule has 0 radical (unpaired) electrons. The minimum Gasteiger partial charge on any atom is -0.489 e.